The third kappa shape index (κ3) is 4.81. The van der Waals surface area contributed by atoms with Gasteiger partial charge in [-0.05, 0) is 51.8 Å². The van der Waals surface area contributed by atoms with Crippen molar-refractivity contribution in [3.05, 3.63) is 29.8 Å². The quantitative estimate of drug-likeness (QED) is 0.719. The molecule has 0 aliphatic rings. The van der Waals surface area contributed by atoms with Gasteiger partial charge in [0.15, 0.2) is 0 Å². The zero-order chi connectivity index (χ0) is 17.0. The highest BCUT2D eigenvalue weighted by Crippen LogP contribution is 2.25. The van der Waals surface area contributed by atoms with Gasteiger partial charge in [0.2, 0.25) is 0 Å². The van der Waals surface area contributed by atoms with Crippen LogP contribution in [0.4, 0.5) is 0 Å². The Hall–Kier alpha value is -0.875. The molecule has 2 N–H and O–H groups in total. The maximum Gasteiger partial charge on any atom is 0.491 e. The standard InChI is InChI=1S/C17H30BNO3/c1-7-19(8-2)13-14-11-9-10-12-15(14)18(21)22-17(5,6)16(3,4)20/h9-12,20-21H,7-8,13H2,1-6H3. The van der Waals surface area contributed by atoms with E-state index in [2.05, 4.69) is 18.7 Å². The van der Waals surface area contributed by atoms with E-state index < -0.39 is 18.3 Å². The minimum absolute atomic E-state index is 0.756. The van der Waals surface area contributed by atoms with Crippen LogP contribution in [0.15, 0.2) is 24.3 Å². The Morgan fingerprint density at radius 2 is 1.64 bits per heavy atom. The van der Waals surface area contributed by atoms with Gasteiger partial charge in [-0.1, -0.05) is 38.1 Å². The lowest BCUT2D eigenvalue weighted by Gasteiger charge is -2.38. The lowest BCUT2D eigenvalue weighted by atomic mass is 9.74. The van der Waals surface area contributed by atoms with Crippen LogP contribution in [0.25, 0.3) is 0 Å². The van der Waals surface area contributed by atoms with Crippen molar-refractivity contribution in [2.24, 2.45) is 0 Å². The second kappa shape index (κ2) is 7.60. The summed E-state index contributed by atoms with van der Waals surface area (Å²) in [5.74, 6) is 0. The highest BCUT2D eigenvalue weighted by atomic mass is 16.5. The fourth-order valence-electron chi connectivity index (χ4n) is 2.09. The fraction of sp³-hybridized carbons (Fsp3) is 0.647. The third-order valence-electron chi connectivity index (χ3n) is 4.49. The van der Waals surface area contributed by atoms with E-state index >= 15 is 0 Å². The predicted molar refractivity (Wildman–Crippen MR) is 92.1 cm³/mol. The molecular formula is C17H30BNO3. The third-order valence-corrected chi connectivity index (χ3v) is 4.49. The second-order valence-corrected chi connectivity index (χ2v) is 6.70. The highest BCUT2D eigenvalue weighted by molar-refractivity contribution is 6.60. The molecule has 0 unspecified atom stereocenters. The first-order chi connectivity index (χ1) is 10.1. The van der Waals surface area contributed by atoms with Gasteiger partial charge in [-0.25, -0.2) is 0 Å². The molecule has 0 aliphatic heterocycles. The van der Waals surface area contributed by atoms with E-state index in [1.807, 2.05) is 24.3 Å². The average Bonchev–Trinajstić information content (AvgIpc) is 2.43. The summed E-state index contributed by atoms with van der Waals surface area (Å²) >= 11 is 0. The summed E-state index contributed by atoms with van der Waals surface area (Å²) in [5.41, 5.74) is -0.117. The molecule has 4 nitrogen and oxygen atoms in total. The summed E-state index contributed by atoms with van der Waals surface area (Å²) < 4.78 is 5.76. The first kappa shape index (κ1) is 19.2. The van der Waals surface area contributed by atoms with Gasteiger partial charge in [0, 0.05) is 6.54 Å². The molecule has 0 radical (unpaired) electrons. The van der Waals surface area contributed by atoms with Crippen LogP contribution in [0.3, 0.4) is 0 Å². The molecule has 0 aliphatic carbocycles. The average molecular weight is 307 g/mol. The summed E-state index contributed by atoms with van der Waals surface area (Å²) in [5, 5.41) is 20.7. The summed E-state index contributed by atoms with van der Waals surface area (Å²) in [6.45, 7) is 13.9. The number of hydrogen-bond donors (Lipinski definition) is 2. The van der Waals surface area contributed by atoms with Crippen molar-refractivity contribution >= 4 is 12.6 Å². The monoisotopic (exact) mass is 307 g/mol. The molecule has 0 heterocycles. The molecule has 124 valence electrons. The van der Waals surface area contributed by atoms with E-state index in [1.165, 1.54) is 0 Å². The Bertz CT molecular complexity index is 467. The van der Waals surface area contributed by atoms with E-state index in [-0.39, 0.29) is 0 Å². The molecule has 1 aromatic rings. The Morgan fingerprint density at radius 3 is 2.14 bits per heavy atom. The molecule has 0 bridgehead atoms. The van der Waals surface area contributed by atoms with Gasteiger partial charge < -0.3 is 14.8 Å². The van der Waals surface area contributed by atoms with Crippen molar-refractivity contribution in [1.29, 1.82) is 0 Å². The fourth-order valence-corrected chi connectivity index (χ4v) is 2.09. The van der Waals surface area contributed by atoms with E-state index in [4.69, 9.17) is 4.65 Å². The van der Waals surface area contributed by atoms with E-state index in [0.717, 1.165) is 30.7 Å². The van der Waals surface area contributed by atoms with Gasteiger partial charge >= 0.3 is 7.12 Å². The molecule has 22 heavy (non-hydrogen) atoms. The molecule has 1 aromatic carbocycles. The summed E-state index contributed by atoms with van der Waals surface area (Å²) in [6.07, 6.45) is 0. The Morgan fingerprint density at radius 1 is 1.09 bits per heavy atom. The Kier molecular flexibility index (Phi) is 6.62. The maximum atomic E-state index is 10.5. The first-order valence-corrected chi connectivity index (χ1v) is 8.00. The molecule has 0 spiro atoms. The lowest BCUT2D eigenvalue weighted by Crippen LogP contribution is -2.53. The molecule has 0 atom stereocenters. The van der Waals surface area contributed by atoms with Crippen molar-refractivity contribution in [3.8, 4) is 0 Å². The molecular weight excluding hydrogens is 277 g/mol. The van der Waals surface area contributed by atoms with Crippen LogP contribution in [0.1, 0.15) is 47.1 Å². The number of hydrogen-bond acceptors (Lipinski definition) is 4. The zero-order valence-corrected chi connectivity index (χ0v) is 14.8. The first-order valence-electron chi connectivity index (χ1n) is 8.00. The van der Waals surface area contributed by atoms with Crippen LogP contribution >= 0.6 is 0 Å². The van der Waals surface area contributed by atoms with Crippen molar-refractivity contribution in [1.82, 2.24) is 4.90 Å². The van der Waals surface area contributed by atoms with Crippen LogP contribution < -0.4 is 5.46 Å². The highest BCUT2D eigenvalue weighted by Gasteiger charge is 2.39. The molecule has 1 rings (SSSR count). The van der Waals surface area contributed by atoms with E-state index in [0.29, 0.717) is 0 Å². The summed E-state index contributed by atoms with van der Waals surface area (Å²) in [4.78, 5) is 2.28. The Labute approximate surface area is 135 Å². The topological polar surface area (TPSA) is 52.9 Å². The molecule has 0 fully saturated rings. The van der Waals surface area contributed by atoms with Gasteiger partial charge in [0.25, 0.3) is 0 Å². The maximum absolute atomic E-state index is 10.5. The number of benzene rings is 1. The summed E-state index contributed by atoms with van der Waals surface area (Å²) in [6, 6.07) is 7.75. The molecule has 0 saturated heterocycles. The van der Waals surface area contributed by atoms with Crippen LogP contribution in [0, 0.1) is 0 Å². The largest absolute Gasteiger partial charge is 0.491 e. The van der Waals surface area contributed by atoms with Crippen molar-refractivity contribution < 1.29 is 14.8 Å². The van der Waals surface area contributed by atoms with Gasteiger partial charge in [0.1, 0.15) is 0 Å². The van der Waals surface area contributed by atoms with Crippen molar-refractivity contribution in [2.45, 2.75) is 59.3 Å². The smallest absolute Gasteiger partial charge is 0.423 e. The van der Waals surface area contributed by atoms with Gasteiger partial charge in [-0.2, -0.15) is 0 Å². The molecule has 5 heteroatoms. The molecule has 0 saturated carbocycles. The number of rotatable bonds is 8. The molecule has 0 aromatic heterocycles. The lowest BCUT2D eigenvalue weighted by molar-refractivity contribution is -0.0982. The predicted octanol–water partition coefficient (Wildman–Crippen LogP) is 1.78. The van der Waals surface area contributed by atoms with Crippen molar-refractivity contribution in [2.75, 3.05) is 13.1 Å². The van der Waals surface area contributed by atoms with Gasteiger partial charge in [0.05, 0.1) is 11.2 Å². The second-order valence-electron chi connectivity index (χ2n) is 6.70. The van der Waals surface area contributed by atoms with Gasteiger partial charge in [-0.15, -0.1) is 0 Å². The van der Waals surface area contributed by atoms with E-state index in [9.17, 15) is 10.1 Å². The van der Waals surface area contributed by atoms with Crippen LogP contribution in [-0.4, -0.2) is 46.4 Å². The zero-order valence-electron chi connectivity index (χ0n) is 14.8. The molecule has 0 amide bonds. The van der Waals surface area contributed by atoms with Crippen molar-refractivity contribution in [3.63, 3.8) is 0 Å². The normalized spacial score (nSPS) is 12.8. The number of aliphatic hydroxyl groups is 1. The van der Waals surface area contributed by atoms with Crippen LogP contribution in [0.2, 0.25) is 0 Å². The minimum atomic E-state index is -1.06. The van der Waals surface area contributed by atoms with Crippen LogP contribution in [0.5, 0.6) is 0 Å². The van der Waals surface area contributed by atoms with Gasteiger partial charge in [-0.3, -0.25) is 4.90 Å². The van der Waals surface area contributed by atoms with Crippen LogP contribution in [-0.2, 0) is 11.2 Å². The number of nitrogens with zero attached hydrogens (tertiary/aromatic N) is 1. The summed E-state index contributed by atoms with van der Waals surface area (Å²) in [7, 11) is -1.06. The minimum Gasteiger partial charge on any atom is -0.423 e. The SMILES string of the molecule is CCN(CC)Cc1ccccc1B(O)OC(C)(C)C(C)(C)O. The van der Waals surface area contributed by atoms with E-state index in [1.54, 1.807) is 27.7 Å². The Balaban J connectivity index is 2.97.